The van der Waals surface area contributed by atoms with Crippen molar-refractivity contribution in [2.45, 2.75) is 5.79 Å². The molecule has 1 aromatic carbocycles. The lowest BCUT2D eigenvalue weighted by Gasteiger charge is -2.20. The first-order valence-corrected chi connectivity index (χ1v) is 5.27. The van der Waals surface area contributed by atoms with Crippen LogP contribution in [0.15, 0.2) is 16.9 Å². The minimum absolute atomic E-state index is 0. The Morgan fingerprint density at radius 1 is 1.41 bits per heavy atom. The van der Waals surface area contributed by atoms with Crippen molar-refractivity contribution in [1.82, 2.24) is 4.98 Å². The number of phenols is 1. The second-order valence-electron chi connectivity index (χ2n) is 3.37. The van der Waals surface area contributed by atoms with E-state index in [9.17, 15) is 20.1 Å². The van der Waals surface area contributed by atoms with Crippen LogP contribution in [0.1, 0.15) is 5.56 Å². The van der Waals surface area contributed by atoms with Crippen LogP contribution in [0.4, 0.5) is 0 Å². The van der Waals surface area contributed by atoms with Gasteiger partial charge in [0.2, 0.25) is 5.79 Å². The first kappa shape index (κ1) is 13.9. The van der Waals surface area contributed by atoms with Crippen LogP contribution >= 0.6 is 23.7 Å². The highest BCUT2D eigenvalue weighted by atomic mass is 35.5. The van der Waals surface area contributed by atoms with Gasteiger partial charge >= 0.3 is 4.87 Å². The van der Waals surface area contributed by atoms with E-state index in [0.717, 1.165) is 11.3 Å². The third-order valence-corrected chi connectivity index (χ3v) is 3.19. The molecule has 2 rings (SSSR count). The average Bonchev–Trinajstić information content (AvgIpc) is 2.60. The zero-order chi connectivity index (χ0) is 11.9. The summed E-state index contributed by atoms with van der Waals surface area (Å²) >= 11 is 0.788. The predicted molar refractivity (Wildman–Crippen MR) is 66.5 cm³/mol. The van der Waals surface area contributed by atoms with Gasteiger partial charge in [0.05, 0.1) is 11.2 Å². The number of thiazole rings is 1. The molecule has 8 heteroatoms. The van der Waals surface area contributed by atoms with Crippen molar-refractivity contribution in [2.24, 2.45) is 5.73 Å². The number of phenolic OH excluding ortho intramolecular Hbond substituents is 1. The van der Waals surface area contributed by atoms with Gasteiger partial charge in [-0.1, -0.05) is 11.3 Å². The molecule has 0 aliphatic heterocycles. The second-order valence-corrected chi connectivity index (χ2v) is 4.35. The van der Waals surface area contributed by atoms with Gasteiger partial charge in [-0.15, -0.1) is 12.4 Å². The summed E-state index contributed by atoms with van der Waals surface area (Å²) in [6.07, 6.45) is 0. The van der Waals surface area contributed by atoms with Crippen molar-refractivity contribution < 1.29 is 15.3 Å². The number of aromatic amines is 1. The lowest BCUT2D eigenvalue weighted by atomic mass is 10.1. The minimum atomic E-state index is -2.21. The lowest BCUT2D eigenvalue weighted by molar-refractivity contribution is -0.158. The van der Waals surface area contributed by atoms with Gasteiger partial charge in [0, 0.05) is 5.56 Å². The Labute approximate surface area is 106 Å². The molecule has 0 radical (unpaired) electrons. The molecule has 0 spiro atoms. The number of nitrogens with one attached hydrogen (secondary N) is 1. The fraction of sp³-hybridized carbons (Fsp3) is 0.222. The molecule has 0 fully saturated rings. The zero-order valence-corrected chi connectivity index (χ0v) is 10.1. The predicted octanol–water partition coefficient (Wildman–Crippen LogP) is -0.187. The van der Waals surface area contributed by atoms with Crippen LogP contribution in [0.2, 0.25) is 0 Å². The molecular weight excluding hydrogens is 268 g/mol. The minimum Gasteiger partial charge on any atom is -0.506 e. The van der Waals surface area contributed by atoms with E-state index in [1.54, 1.807) is 0 Å². The first-order chi connectivity index (χ1) is 7.45. The highest BCUT2D eigenvalue weighted by Gasteiger charge is 2.27. The Morgan fingerprint density at radius 2 is 2.06 bits per heavy atom. The number of hydrogen-bond acceptors (Lipinski definition) is 6. The molecule has 1 aromatic heterocycles. The van der Waals surface area contributed by atoms with Gasteiger partial charge < -0.3 is 26.0 Å². The number of hydrogen-bond donors (Lipinski definition) is 5. The molecular formula is C9H11ClN2O4S. The van der Waals surface area contributed by atoms with Crippen molar-refractivity contribution in [2.75, 3.05) is 6.54 Å². The fourth-order valence-electron chi connectivity index (χ4n) is 1.44. The fourth-order valence-corrected chi connectivity index (χ4v) is 2.38. The van der Waals surface area contributed by atoms with Gasteiger partial charge in [-0.25, -0.2) is 0 Å². The molecule has 0 bridgehead atoms. The maximum absolute atomic E-state index is 11.2. The van der Waals surface area contributed by atoms with E-state index >= 15 is 0 Å². The largest absolute Gasteiger partial charge is 0.506 e. The van der Waals surface area contributed by atoms with Crippen LogP contribution in [0.25, 0.3) is 10.2 Å². The summed E-state index contributed by atoms with van der Waals surface area (Å²) in [7, 11) is 0. The zero-order valence-electron chi connectivity index (χ0n) is 8.51. The summed E-state index contributed by atoms with van der Waals surface area (Å²) in [6.45, 7) is -0.404. The van der Waals surface area contributed by atoms with Crippen molar-refractivity contribution in [3.05, 3.63) is 27.4 Å². The average molecular weight is 279 g/mol. The van der Waals surface area contributed by atoms with E-state index in [4.69, 9.17) is 5.73 Å². The van der Waals surface area contributed by atoms with E-state index in [1.807, 2.05) is 0 Å². The monoisotopic (exact) mass is 278 g/mol. The molecule has 17 heavy (non-hydrogen) atoms. The number of benzene rings is 1. The number of aromatic hydroxyl groups is 1. The molecule has 0 aliphatic carbocycles. The third-order valence-electron chi connectivity index (χ3n) is 2.27. The van der Waals surface area contributed by atoms with Crippen LogP contribution in [0, 0.1) is 0 Å². The molecule has 6 nitrogen and oxygen atoms in total. The smallest absolute Gasteiger partial charge is 0.305 e. The highest BCUT2D eigenvalue weighted by Crippen LogP contribution is 2.32. The van der Waals surface area contributed by atoms with Crippen LogP contribution in [0.5, 0.6) is 5.75 Å². The molecule has 1 heterocycles. The normalized spacial score (nSPS) is 11.5. The quantitative estimate of drug-likeness (QED) is 0.488. The number of H-pyrrole nitrogens is 1. The summed E-state index contributed by atoms with van der Waals surface area (Å²) in [6, 6.07) is 2.60. The summed E-state index contributed by atoms with van der Waals surface area (Å²) in [4.78, 5) is 13.2. The van der Waals surface area contributed by atoms with Crippen molar-refractivity contribution in [3.8, 4) is 5.75 Å². The molecule has 0 aliphatic rings. The Morgan fingerprint density at radius 3 is 2.65 bits per heavy atom. The van der Waals surface area contributed by atoms with E-state index in [2.05, 4.69) is 4.98 Å². The second kappa shape index (κ2) is 4.63. The van der Waals surface area contributed by atoms with E-state index in [-0.39, 0.29) is 34.1 Å². The van der Waals surface area contributed by atoms with Crippen molar-refractivity contribution >= 4 is 34.0 Å². The number of fused-ring (bicyclic) bond motifs is 1. The third kappa shape index (κ3) is 2.28. The van der Waals surface area contributed by atoms with Gasteiger partial charge in [0.1, 0.15) is 11.3 Å². The van der Waals surface area contributed by atoms with Gasteiger partial charge in [-0.3, -0.25) is 4.79 Å². The summed E-state index contributed by atoms with van der Waals surface area (Å²) in [5.74, 6) is -2.33. The molecule has 0 unspecified atom stereocenters. The van der Waals surface area contributed by atoms with Gasteiger partial charge in [-0.05, 0) is 12.1 Å². The van der Waals surface area contributed by atoms with Gasteiger partial charge in [0.15, 0.2) is 0 Å². The van der Waals surface area contributed by atoms with E-state index < -0.39 is 12.3 Å². The molecule has 94 valence electrons. The highest BCUT2D eigenvalue weighted by molar-refractivity contribution is 7.16. The Bertz CT molecular complexity index is 592. The van der Waals surface area contributed by atoms with Crippen molar-refractivity contribution in [1.29, 1.82) is 0 Å². The number of nitrogens with two attached hydrogens (primary N) is 1. The molecule has 0 saturated carbocycles. The van der Waals surface area contributed by atoms with Gasteiger partial charge in [0.25, 0.3) is 0 Å². The maximum Gasteiger partial charge on any atom is 0.305 e. The molecule has 0 saturated heterocycles. The number of halogens is 1. The summed E-state index contributed by atoms with van der Waals surface area (Å²) in [5, 5.41) is 28.8. The van der Waals surface area contributed by atoms with E-state index in [1.165, 1.54) is 12.1 Å². The van der Waals surface area contributed by atoms with Crippen LogP contribution in [-0.2, 0) is 5.79 Å². The van der Waals surface area contributed by atoms with Crippen molar-refractivity contribution in [3.63, 3.8) is 0 Å². The standard InChI is InChI=1S/C9H10N2O4S.ClH/c10-3-9(14,15)4-1-2-5(12)6-7(4)16-8(13)11-6;/h1-2,12,14-15H,3,10H2,(H,11,13);1H. The summed E-state index contributed by atoms with van der Waals surface area (Å²) < 4.78 is 0.292. The molecule has 2 aromatic rings. The number of rotatable bonds is 2. The number of aliphatic hydroxyl groups is 2. The van der Waals surface area contributed by atoms with Crippen LogP contribution < -0.4 is 10.6 Å². The maximum atomic E-state index is 11.2. The SMILES string of the molecule is Cl.NCC(O)(O)c1ccc(O)c2[nH]c(=O)sc12. The van der Waals surface area contributed by atoms with Crippen LogP contribution in [-0.4, -0.2) is 26.8 Å². The molecule has 6 N–H and O–H groups in total. The lowest BCUT2D eigenvalue weighted by Crippen LogP contribution is -2.34. The Balaban J connectivity index is 0.00000144. The van der Waals surface area contributed by atoms with Gasteiger partial charge in [-0.2, -0.15) is 0 Å². The number of aromatic nitrogens is 1. The first-order valence-electron chi connectivity index (χ1n) is 4.46. The van der Waals surface area contributed by atoms with E-state index in [0.29, 0.717) is 4.70 Å². The molecule has 0 atom stereocenters. The summed E-state index contributed by atoms with van der Waals surface area (Å²) in [5.41, 5.74) is 5.52. The topological polar surface area (TPSA) is 120 Å². The molecule has 0 amide bonds. The Hall–Kier alpha value is -1.12. The van der Waals surface area contributed by atoms with Crippen LogP contribution in [0.3, 0.4) is 0 Å². The Kier molecular flexibility index (Phi) is 3.80.